The van der Waals surface area contributed by atoms with E-state index >= 15 is 0 Å². The number of fused-ring (bicyclic) bond motifs is 3. The molecule has 3 nitrogen and oxygen atoms in total. The number of pyridine rings is 1. The highest BCUT2D eigenvalue weighted by Crippen LogP contribution is 2.28. The van der Waals surface area contributed by atoms with Crippen molar-refractivity contribution >= 4 is 28.1 Å². The molecule has 90 valence electrons. The molecule has 1 unspecified atom stereocenters. The fourth-order valence-electron chi connectivity index (χ4n) is 2.35. The third-order valence-corrected chi connectivity index (χ3v) is 3.44. The molecule has 0 aliphatic rings. The molecule has 3 heteroatoms. The molecule has 1 N–H and O–H groups in total. The van der Waals surface area contributed by atoms with Crippen LogP contribution in [0.2, 0.25) is 0 Å². The second kappa shape index (κ2) is 4.26. The van der Waals surface area contributed by atoms with Crippen LogP contribution in [0.15, 0.2) is 36.7 Å². The van der Waals surface area contributed by atoms with E-state index in [1.807, 2.05) is 12.3 Å². The first-order valence-corrected chi connectivity index (χ1v) is 6.08. The highest BCUT2D eigenvalue weighted by Gasteiger charge is 2.08. The van der Waals surface area contributed by atoms with Gasteiger partial charge in [-0.05, 0) is 29.7 Å². The van der Waals surface area contributed by atoms with Crippen LogP contribution in [0.25, 0.3) is 21.8 Å². The fourth-order valence-corrected chi connectivity index (χ4v) is 2.35. The molecule has 0 saturated heterocycles. The number of benzene rings is 1. The summed E-state index contributed by atoms with van der Waals surface area (Å²) < 4.78 is 0. The lowest BCUT2D eigenvalue weighted by atomic mass is 9.97. The Kier molecular flexibility index (Phi) is 2.59. The molecule has 0 aliphatic carbocycles. The van der Waals surface area contributed by atoms with Gasteiger partial charge in [-0.3, -0.25) is 4.98 Å². The van der Waals surface area contributed by atoms with Gasteiger partial charge in [0.15, 0.2) is 0 Å². The van der Waals surface area contributed by atoms with Gasteiger partial charge in [0.2, 0.25) is 0 Å². The third-order valence-electron chi connectivity index (χ3n) is 3.44. The topological polar surface area (TPSA) is 45.8 Å². The van der Waals surface area contributed by atoms with E-state index in [0.29, 0.717) is 6.42 Å². The first-order chi connectivity index (χ1) is 8.79. The van der Waals surface area contributed by atoms with Gasteiger partial charge in [0, 0.05) is 28.9 Å². The normalized spacial score (nSPS) is 12.9. The van der Waals surface area contributed by atoms with E-state index in [9.17, 15) is 4.79 Å². The smallest absolute Gasteiger partial charge is 0.120 e. The monoisotopic (exact) mass is 238 g/mol. The molecule has 0 saturated carbocycles. The Bertz CT molecular complexity index is 715. The van der Waals surface area contributed by atoms with Crippen LogP contribution in [0, 0.1) is 0 Å². The summed E-state index contributed by atoms with van der Waals surface area (Å²) in [7, 11) is 0. The van der Waals surface area contributed by atoms with Gasteiger partial charge in [0.25, 0.3) is 0 Å². The number of H-pyrrole nitrogens is 1. The Balaban J connectivity index is 2.21. The van der Waals surface area contributed by atoms with Gasteiger partial charge in [-0.25, -0.2) is 0 Å². The van der Waals surface area contributed by atoms with Gasteiger partial charge in [-0.15, -0.1) is 0 Å². The third kappa shape index (κ3) is 1.68. The van der Waals surface area contributed by atoms with Gasteiger partial charge >= 0.3 is 0 Å². The molecule has 1 atom stereocenters. The van der Waals surface area contributed by atoms with Crippen LogP contribution >= 0.6 is 0 Å². The molecule has 2 aromatic heterocycles. The number of carbonyl (C=O) groups excluding carboxylic acids is 1. The SMILES string of the molecule is CC(CC=O)c1ccc2[nH]c3cnccc3c2c1. The summed E-state index contributed by atoms with van der Waals surface area (Å²) in [5, 5.41) is 2.38. The molecule has 0 radical (unpaired) electrons. The van der Waals surface area contributed by atoms with Gasteiger partial charge in [0.1, 0.15) is 6.29 Å². The van der Waals surface area contributed by atoms with Gasteiger partial charge in [-0.1, -0.05) is 13.0 Å². The van der Waals surface area contributed by atoms with Crippen molar-refractivity contribution in [2.45, 2.75) is 19.3 Å². The van der Waals surface area contributed by atoms with E-state index in [1.165, 1.54) is 16.3 Å². The Morgan fingerprint density at radius 3 is 3.00 bits per heavy atom. The number of aromatic amines is 1. The zero-order valence-electron chi connectivity index (χ0n) is 10.2. The largest absolute Gasteiger partial charge is 0.353 e. The van der Waals surface area contributed by atoms with Crippen molar-refractivity contribution in [1.29, 1.82) is 0 Å². The quantitative estimate of drug-likeness (QED) is 0.711. The second-order valence-corrected chi connectivity index (χ2v) is 4.65. The minimum atomic E-state index is 0.263. The first-order valence-electron chi connectivity index (χ1n) is 6.08. The van der Waals surface area contributed by atoms with E-state index in [-0.39, 0.29) is 5.92 Å². The van der Waals surface area contributed by atoms with Crippen LogP contribution in [0.5, 0.6) is 0 Å². The number of aromatic nitrogens is 2. The second-order valence-electron chi connectivity index (χ2n) is 4.65. The maximum absolute atomic E-state index is 10.6. The summed E-state index contributed by atoms with van der Waals surface area (Å²) in [6.45, 7) is 2.08. The fraction of sp³-hybridized carbons (Fsp3) is 0.200. The van der Waals surface area contributed by atoms with Gasteiger partial charge < -0.3 is 9.78 Å². The number of rotatable bonds is 3. The van der Waals surface area contributed by atoms with Crippen molar-refractivity contribution in [3.8, 4) is 0 Å². The molecule has 0 bridgehead atoms. The summed E-state index contributed by atoms with van der Waals surface area (Å²) >= 11 is 0. The van der Waals surface area contributed by atoms with E-state index in [0.717, 1.165) is 17.3 Å². The van der Waals surface area contributed by atoms with E-state index in [1.54, 1.807) is 6.20 Å². The zero-order valence-corrected chi connectivity index (χ0v) is 10.2. The maximum Gasteiger partial charge on any atom is 0.120 e. The minimum absolute atomic E-state index is 0.263. The highest BCUT2D eigenvalue weighted by molar-refractivity contribution is 6.07. The number of nitrogens with zero attached hydrogens (tertiary/aromatic N) is 1. The Labute approximate surface area is 105 Å². The van der Waals surface area contributed by atoms with Crippen LogP contribution in [0.3, 0.4) is 0 Å². The number of hydrogen-bond donors (Lipinski definition) is 1. The minimum Gasteiger partial charge on any atom is -0.353 e. The molecular weight excluding hydrogens is 224 g/mol. The van der Waals surface area contributed by atoms with Crippen LogP contribution in [-0.4, -0.2) is 16.3 Å². The van der Waals surface area contributed by atoms with Crippen molar-refractivity contribution in [3.05, 3.63) is 42.2 Å². The molecule has 0 fully saturated rings. The molecular formula is C15H14N2O. The van der Waals surface area contributed by atoms with Crippen LogP contribution in [0.4, 0.5) is 0 Å². The molecule has 2 heterocycles. The molecule has 3 rings (SSSR count). The first kappa shape index (κ1) is 11.0. The standard InChI is InChI=1S/C15H14N2O/c1-10(5-7-18)11-2-3-14-13(8-11)12-4-6-16-9-15(12)17-14/h2-4,6-10,17H,5H2,1H3. The summed E-state index contributed by atoms with van der Waals surface area (Å²) in [4.78, 5) is 18.1. The molecule has 0 spiro atoms. The lowest BCUT2D eigenvalue weighted by molar-refractivity contribution is -0.108. The van der Waals surface area contributed by atoms with E-state index in [4.69, 9.17) is 0 Å². The van der Waals surface area contributed by atoms with Crippen LogP contribution < -0.4 is 0 Å². The summed E-state index contributed by atoms with van der Waals surface area (Å²) in [6.07, 6.45) is 5.18. The van der Waals surface area contributed by atoms with Crippen molar-refractivity contribution in [3.63, 3.8) is 0 Å². The van der Waals surface area contributed by atoms with Crippen LogP contribution in [0.1, 0.15) is 24.8 Å². The van der Waals surface area contributed by atoms with Crippen molar-refractivity contribution in [1.82, 2.24) is 9.97 Å². The van der Waals surface area contributed by atoms with Gasteiger partial charge in [0.05, 0.1) is 11.7 Å². The van der Waals surface area contributed by atoms with Crippen molar-refractivity contribution in [2.75, 3.05) is 0 Å². The molecule has 1 aromatic carbocycles. The predicted octanol–water partition coefficient (Wildman–Crippen LogP) is 3.41. The maximum atomic E-state index is 10.6. The van der Waals surface area contributed by atoms with E-state index < -0.39 is 0 Å². The number of nitrogens with one attached hydrogen (secondary N) is 1. The average molecular weight is 238 g/mol. The number of carbonyl (C=O) groups is 1. The van der Waals surface area contributed by atoms with E-state index in [2.05, 4.69) is 35.1 Å². The summed E-state index contributed by atoms with van der Waals surface area (Å²) in [6, 6.07) is 8.34. The van der Waals surface area contributed by atoms with Gasteiger partial charge in [-0.2, -0.15) is 0 Å². The number of aldehydes is 1. The molecule has 3 aromatic rings. The van der Waals surface area contributed by atoms with Crippen LogP contribution in [-0.2, 0) is 4.79 Å². The molecule has 18 heavy (non-hydrogen) atoms. The lowest BCUT2D eigenvalue weighted by Crippen LogP contribution is -1.93. The number of hydrogen-bond acceptors (Lipinski definition) is 2. The zero-order chi connectivity index (χ0) is 12.5. The van der Waals surface area contributed by atoms with Crippen molar-refractivity contribution in [2.24, 2.45) is 0 Å². The lowest BCUT2D eigenvalue weighted by Gasteiger charge is -2.07. The van der Waals surface area contributed by atoms with Crippen molar-refractivity contribution < 1.29 is 4.79 Å². The molecule has 0 amide bonds. The summed E-state index contributed by atoms with van der Waals surface area (Å²) in [5.41, 5.74) is 3.36. The predicted molar refractivity (Wildman–Crippen MR) is 72.7 cm³/mol. The Hall–Kier alpha value is -2.16. The average Bonchev–Trinajstić information content (AvgIpc) is 2.76. The Morgan fingerprint density at radius 2 is 2.17 bits per heavy atom. The molecule has 0 aliphatic heterocycles. The summed E-state index contributed by atoms with van der Waals surface area (Å²) in [5.74, 6) is 0.263. The Morgan fingerprint density at radius 1 is 1.28 bits per heavy atom. The highest BCUT2D eigenvalue weighted by atomic mass is 16.1.